The number of benzene rings is 1. The van der Waals surface area contributed by atoms with Crippen LogP contribution in [0, 0.1) is 0 Å². The van der Waals surface area contributed by atoms with Crippen LogP contribution in [0.25, 0.3) is 0 Å². The van der Waals surface area contributed by atoms with Gasteiger partial charge in [-0.3, -0.25) is 9.69 Å². The second kappa shape index (κ2) is 7.62. The van der Waals surface area contributed by atoms with E-state index in [9.17, 15) is 4.79 Å². The second-order valence-electron chi connectivity index (χ2n) is 6.95. The molecule has 0 spiro atoms. The van der Waals surface area contributed by atoms with Crippen molar-refractivity contribution in [2.24, 2.45) is 0 Å². The van der Waals surface area contributed by atoms with Gasteiger partial charge in [0, 0.05) is 25.2 Å². The molecular formula is C19H28N2O4. The zero-order valence-electron chi connectivity index (χ0n) is 15.6. The van der Waals surface area contributed by atoms with Gasteiger partial charge in [0.2, 0.25) is 5.91 Å². The Hall–Kier alpha value is -1.79. The van der Waals surface area contributed by atoms with Gasteiger partial charge in [-0.15, -0.1) is 0 Å². The normalized spacial score (nSPS) is 23.9. The molecule has 0 aliphatic carbocycles. The summed E-state index contributed by atoms with van der Waals surface area (Å²) in [5.74, 6) is 1.64. The highest BCUT2D eigenvalue weighted by Crippen LogP contribution is 2.33. The van der Waals surface area contributed by atoms with E-state index < -0.39 is 0 Å². The fourth-order valence-electron chi connectivity index (χ4n) is 3.70. The first-order valence-corrected chi connectivity index (χ1v) is 8.88. The molecule has 0 radical (unpaired) electrons. The molecule has 2 heterocycles. The summed E-state index contributed by atoms with van der Waals surface area (Å²) < 4.78 is 16.3. The van der Waals surface area contributed by atoms with Crippen molar-refractivity contribution in [3.63, 3.8) is 0 Å². The van der Waals surface area contributed by atoms with Crippen LogP contribution in [0.1, 0.15) is 25.0 Å². The van der Waals surface area contributed by atoms with Gasteiger partial charge < -0.3 is 19.1 Å². The molecule has 1 aromatic rings. The maximum absolute atomic E-state index is 12.8. The fourth-order valence-corrected chi connectivity index (χ4v) is 3.70. The smallest absolute Gasteiger partial charge is 0.237 e. The number of fused-ring (bicyclic) bond motifs is 1. The number of hydrogen-bond donors (Lipinski definition) is 0. The summed E-state index contributed by atoms with van der Waals surface area (Å²) >= 11 is 0. The Morgan fingerprint density at radius 1 is 1.12 bits per heavy atom. The maximum atomic E-state index is 12.8. The van der Waals surface area contributed by atoms with Crippen molar-refractivity contribution >= 4 is 5.91 Å². The van der Waals surface area contributed by atoms with E-state index in [1.807, 2.05) is 17.0 Å². The van der Waals surface area contributed by atoms with Crippen molar-refractivity contribution in [1.82, 2.24) is 9.80 Å². The minimum Gasteiger partial charge on any atom is -0.493 e. The first-order chi connectivity index (χ1) is 12.0. The summed E-state index contributed by atoms with van der Waals surface area (Å²) in [7, 11) is 3.28. The summed E-state index contributed by atoms with van der Waals surface area (Å²) in [6, 6.07) is 4.57. The molecule has 25 heavy (non-hydrogen) atoms. The van der Waals surface area contributed by atoms with Crippen molar-refractivity contribution in [3.8, 4) is 11.5 Å². The molecule has 2 aliphatic rings. The topological polar surface area (TPSA) is 51.2 Å². The lowest BCUT2D eigenvalue weighted by Crippen LogP contribution is -2.53. The minimum atomic E-state index is 0.182. The van der Waals surface area contributed by atoms with Crippen LogP contribution in [0.5, 0.6) is 11.5 Å². The van der Waals surface area contributed by atoms with Crippen LogP contribution in [-0.4, -0.2) is 68.3 Å². The summed E-state index contributed by atoms with van der Waals surface area (Å²) in [6.07, 6.45) is 0.843. The van der Waals surface area contributed by atoms with E-state index in [4.69, 9.17) is 14.2 Å². The number of methoxy groups -OCH3 is 2. The highest BCUT2D eigenvalue weighted by atomic mass is 16.5. The molecule has 0 saturated carbocycles. The summed E-state index contributed by atoms with van der Waals surface area (Å²) in [6.45, 7) is 7.44. The van der Waals surface area contributed by atoms with Gasteiger partial charge in [-0.05, 0) is 43.5 Å². The van der Waals surface area contributed by atoms with Gasteiger partial charge in [-0.1, -0.05) is 0 Å². The molecule has 2 aliphatic heterocycles. The molecule has 1 amide bonds. The molecule has 2 atom stereocenters. The molecule has 1 fully saturated rings. The third-order valence-electron chi connectivity index (χ3n) is 5.24. The predicted octanol–water partition coefficient (Wildman–Crippen LogP) is 1.70. The van der Waals surface area contributed by atoms with Crippen LogP contribution < -0.4 is 9.47 Å². The predicted molar refractivity (Wildman–Crippen MR) is 95.1 cm³/mol. The second-order valence-corrected chi connectivity index (χ2v) is 6.95. The Morgan fingerprint density at radius 3 is 2.32 bits per heavy atom. The summed E-state index contributed by atoms with van der Waals surface area (Å²) in [4.78, 5) is 17.0. The third kappa shape index (κ3) is 3.75. The summed E-state index contributed by atoms with van der Waals surface area (Å²) in [5.41, 5.74) is 2.37. The lowest BCUT2D eigenvalue weighted by molar-refractivity contribution is -0.137. The van der Waals surface area contributed by atoms with Crippen molar-refractivity contribution in [2.45, 2.75) is 38.9 Å². The summed E-state index contributed by atoms with van der Waals surface area (Å²) in [5, 5.41) is 0. The van der Waals surface area contributed by atoms with Gasteiger partial charge in [-0.25, -0.2) is 0 Å². The van der Waals surface area contributed by atoms with Crippen LogP contribution in [-0.2, 0) is 22.5 Å². The molecule has 1 aromatic carbocycles. The van der Waals surface area contributed by atoms with E-state index in [0.717, 1.165) is 24.3 Å². The van der Waals surface area contributed by atoms with Crippen molar-refractivity contribution in [3.05, 3.63) is 23.3 Å². The van der Waals surface area contributed by atoms with Crippen molar-refractivity contribution in [2.75, 3.05) is 40.5 Å². The monoisotopic (exact) mass is 348 g/mol. The van der Waals surface area contributed by atoms with Crippen LogP contribution in [0.4, 0.5) is 0 Å². The van der Waals surface area contributed by atoms with Crippen molar-refractivity contribution < 1.29 is 19.0 Å². The third-order valence-corrected chi connectivity index (χ3v) is 5.24. The highest BCUT2D eigenvalue weighted by molar-refractivity contribution is 5.78. The minimum absolute atomic E-state index is 0.182. The zero-order valence-corrected chi connectivity index (χ0v) is 15.6. The number of carbonyl (C=O) groups excluding carboxylic acids is 1. The number of amides is 1. The average Bonchev–Trinajstić information content (AvgIpc) is 2.62. The van der Waals surface area contributed by atoms with E-state index in [1.54, 1.807) is 14.2 Å². The number of morpholine rings is 1. The largest absolute Gasteiger partial charge is 0.493 e. The average molecular weight is 348 g/mol. The Balaban J connectivity index is 1.70. The number of nitrogens with zero attached hydrogens (tertiary/aromatic N) is 2. The van der Waals surface area contributed by atoms with E-state index in [2.05, 4.69) is 18.7 Å². The molecular weight excluding hydrogens is 320 g/mol. The first kappa shape index (κ1) is 18.0. The van der Waals surface area contributed by atoms with Crippen LogP contribution in [0.3, 0.4) is 0 Å². The van der Waals surface area contributed by atoms with Gasteiger partial charge in [-0.2, -0.15) is 0 Å². The Bertz CT molecular complexity index is 624. The molecule has 6 nitrogen and oxygen atoms in total. The number of hydrogen-bond acceptors (Lipinski definition) is 5. The number of ether oxygens (including phenoxy) is 3. The lowest BCUT2D eigenvalue weighted by atomic mass is 9.98. The highest BCUT2D eigenvalue weighted by Gasteiger charge is 2.30. The zero-order chi connectivity index (χ0) is 18.0. The standard InChI is InChI=1S/C19H28N2O4/c1-13-11-25-12-14(2)21(13)10-19(22)20-6-5-15-7-17(23-3)18(24-4)8-16(15)9-20/h7-8,13-14H,5-6,9-12H2,1-4H3/t13-,14-/m1/s1. The Labute approximate surface area is 149 Å². The fraction of sp³-hybridized carbons (Fsp3) is 0.632. The molecule has 3 rings (SSSR count). The number of carbonyl (C=O) groups is 1. The molecule has 1 saturated heterocycles. The molecule has 138 valence electrons. The van der Waals surface area contributed by atoms with E-state index in [1.165, 1.54) is 5.56 Å². The molecule has 0 bridgehead atoms. The Kier molecular flexibility index (Phi) is 5.49. The van der Waals surface area contributed by atoms with E-state index in [0.29, 0.717) is 32.1 Å². The maximum Gasteiger partial charge on any atom is 0.237 e. The van der Waals surface area contributed by atoms with Gasteiger partial charge in [0.1, 0.15) is 0 Å². The molecule has 0 N–H and O–H groups in total. The van der Waals surface area contributed by atoms with Crippen molar-refractivity contribution in [1.29, 1.82) is 0 Å². The van der Waals surface area contributed by atoms with Crippen LogP contribution in [0.15, 0.2) is 12.1 Å². The first-order valence-electron chi connectivity index (χ1n) is 8.88. The van der Waals surface area contributed by atoms with E-state index in [-0.39, 0.29) is 18.0 Å². The van der Waals surface area contributed by atoms with Gasteiger partial charge in [0.05, 0.1) is 34.0 Å². The Morgan fingerprint density at radius 2 is 1.72 bits per heavy atom. The molecule has 0 aromatic heterocycles. The number of rotatable bonds is 4. The van der Waals surface area contributed by atoms with Crippen LogP contribution in [0.2, 0.25) is 0 Å². The lowest BCUT2D eigenvalue weighted by Gasteiger charge is -2.39. The molecule has 0 unspecified atom stereocenters. The molecule has 6 heteroatoms. The quantitative estimate of drug-likeness (QED) is 0.829. The van der Waals surface area contributed by atoms with Crippen LogP contribution >= 0.6 is 0 Å². The SMILES string of the molecule is COc1cc2c(cc1OC)CN(C(=O)CN1[C@H](C)COC[C@H]1C)CC2. The van der Waals surface area contributed by atoms with Gasteiger partial charge in [0.25, 0.3) is 0 Å². The van der Waals surface area contributed by atoms with E-state index >= 15 is 0 Å². The van der Waals surface area contributed by atoms with Gasteiger partial charge >= 0.3 is 0 Å². The van der Waals surface area contributed by atoms with Gasteiger partial charge in [0.15, 0.2) is 11.5 Å².